The lowest BCUT2D eigenvalue weighted by Crippen LogP contribution is -2.48. The molecule has 0 amide bonds. The monoisotopic (exact) mass is 280 g/mol. The number of fused-ring (bicyclic) bond motifs is 1. The van der Waals surface area contributed by atoms with Crippen molar-refractivity contribution in [1.82, 2.24) is 19.6 Å². The first-order valence-electron chi connectivity index (χ1n) is 6.61. The predicted octanol–water partition coefficient (Wildman–Crippen LogP) is 1.86. The van der Waals surface area contributed by atoms with Crippen molar-refractivity contribution in [2.75, 3.05) is 19.6 Å². The van der Waals surface area contributed by atoms with Gasteiger partial charge < -0.3 is 9.72 Å². The van der Waals surface area contributed by atoms with Crippen LogP contribution in [0.4, 0.5) is 0 Å². The zero-order valence-electron chi connectivity index (χ0n) is 11.5. The molecule has 0 bridgehead atoms. The number of aryl methyl sites for hydroxylation is 1. The van der Waals surface area contributed by atoms with E-state index in [0.717, 1.165) is 37.5 Å². The maximum atomic E-state index is 4.67. The molecule has 1 aliphatic rings. The van der Waals surface area contributed by atoms with Crippen LogP contribution < -0.4 is 5.32 Å². The third-order valence-electron chi connectivity index (χ3n) is 3.49. The van der Waals surface area contributed by atoms with E-state index in [4.69, 9.17) is 0 Å². The van der Waals surface area contributed by atoms with Gasteiger partial charge in [-0.2, -0.15) is 0 Å². The van der Waals surface area contributed by atoms with Gasteiger partial charge in [0.2, 0.25) is 0 Å². The molecule has 1 atom stereocenters. The Bertz CT molecular complexity index is 551. The Balaban J connectivity index is 0.00000133. The number of nitrogens with one attached hydrogen (secondary N) is 1. The molecule has 2 aromatic heterocycles. The van der Waals surface area contributed by atoms with E-state index in [1.165, 1.54) is 5.56 Å². The molecule has 1 saturated heterocycles. The number of aromatic nitrogens is 2. The zero-order valence-corrected chi connectivity index (χ0v) is 12.3. The summed E-state index contributed by atoms with van der Waals surface area (Å²) in [5, 5.41) is 3.46. The lowest BCUT2D eigenvalue weighted by molar-refractivity contribution is 0.198. The summed E-state index contributed by atoms with van der Waals surface area (Å²) in [5.41, 5.74) is 3.47. The minimum absolute atomic E-state index is 0. The molecule has 0 aliphatic carbocycles. The molecule has 3 heterocycles. The van der Waals surface area contributed by atoms with Gasteiger partial charge in [0.1, 0.15) is 5.65 Å². The van der Waals surface area contributed by atoms with Crippen LogP contribution in [0.2, 0.25) is 0 Å². The van der Waals surface area contributed by atoms with Crippen molar-refractivity contribution in [1.29, 1.82) is 0 Å². The highest BCUT2D eigenvalue weighted by molar-refractivity contribution is 5.85. The van der Waals surface area contributed by atoms with Crippen LogP contribution in [0.3, 0.4) is 0 Å². The Labute approximate surface area is 120 Å². The molecule has 1 aliphatic heterocycles. The molecule has 1 N–H and O–H groups in total. The van der Waals surface area contributed by atoms with E-state index in [1.54, 1.807) is 0 Å². The second-order valence-electron chi connectivity index (χ2n) is 5.29. The molecule has 0 saturated carbocycles. The highest BCUT2D eigenvalue weighted by Crippen LogP contribution is 2.10. The molecule has 4 nitrogen and oxygen atoms in total. The molecular formula is C14H21ClN4. The van der Waals surface area contributed by atoms with Crippen molar-refractivity contribution in [2.24, 2.45) is 0 Å². The van der Waals surface area contributed by atoms with Crippen molar-refractivity contribution in [3.8, 4) is 0 Å². The van der Waals surface area contributed by atoms with Gasteiger partial charge in [-0.15, -0.1) is 12.4 Å². The summed E-state index contributed by atoms with van der Waals surface area (Å²) < 4.78 is 2.12. The summed E-state index contributed by atoms with van der Waals surface area (Å²) in [6, 6.07) is 4.77. The fourth-order valence-electron chi connectivity index (χ4n) is 2.62. The Morgan fingerprint density at radius 3 is 3.00 bits per heavy atom. The van der Waals surface area contributed by atoms with Gasteiger partial charge in [0, 0.05) is 44.6 Å². The summed E-state index contributed by atoms with van der Waals surface area (Å²) in [5.74, 6) is 0. The van der Waals surface area contributed by atoms with E-state index in [9.17, 15) is 0 Å². The van der Waals surface area contributed by atoms with Crippen molar-refractivity contribution in [2.45, 2.75) is 26.4 Å². The predicted molar refractivity (Wildman–Crippen MR) is 79.9 cm³/mol. The highest BCUT2D eigenvalue weighted by atomic mass is 35.5. The maximum absolute atomic E-state index is 4.67. The smallest absolute Gasteiger partial charge is 0.137 e. The van der Waals surface area contributed by atoms with Crippen LogP contribution in [0.25, 0.3) is 5.65 Å². The molecule has 0 radical (unpaired) electrons. The molecular weight excluding hydrogens is 260 g/mol. The van der Waals surface area contributed by atoms with Crippen LogP contribution in [0.5, 0.6) is 0 Å². The average molecular weight is 281 g/mol. The summed E-state index contributed by atoms with van der Waals surface area (Å²) in [6.07, 6.45) is 4.28. The Morgan fingerprint density at radius 2 is 2.21 bits per heavy atom. The normalized spacial score (nSPS) is 20.4. The van der Waals surface area contributed by atoms with E-state index in [0.29, 0.717) is 6.04 Å². The van der Waals surface area contributed by atoms with Gasteiger partial charge in [-0.3, -0.25) is 4.90 Å². The van der Waals surface area contributed by atoms with Crippen LogP contribution in [-0.2, 0) is 6.54 Å². The van der Waals surface area contributed by atoms with Gasteiger partial charge in [-0.05, 0) is 25.5 Å². The second kappa shape index (κ2) is 5.90. The number of rotatable bonds is 2. The fraction of sp³-hybridized carbons (Fsp3) is 0.500. The van der Waals surface area contributed by atoms with Crippen molar-refractivity contribution in [3.63, 3.8) is 0 Å². The third kappa shape index (κ3) is 3.26. The number of pyridine rings is 1. The number of halogens is 1. The molecule has 104 valence electrons. The van der Waals surface area contributed by atoms with Gasteiger partial charge >= 0.3 is 0 Å². The van der Waals surface area contributed by atoms with Crippen molar-refractivity contribution >= 4 is 18.1 Å². The maximum Gasteiger partial charge on any atom is 0.137 e. The number of nitrogens with zero attached hydrogens (tertiary/aromatic N) is 3. The molecule has 0 spiro atoms. The zero-order chi connectivity index (χ0) is 12.5. The van der Waals surface area contributed by atoms with Gasteiger partial charge in [-0.25, -0.2) is 4.98 Å². The van der Waals surface area contributed by atoms with Crippen LogP contribution in [-0.4, -0.2) is 40.0 Å². The first-order chi connectivity index (χ1) is 8.70. The number of imidazole rings is 1. The fourth-order valence-corrected chi connectivity index (χ4v) is 2.62. The first kappa shape index (κ1) is 14.3. The van der Waals surface area contributed by atoms with E-state index < -0.39 is 0 Å². The summed E-state index contributed by atoms with van der Waals surface area (Å²) in [7, 11) is 0. The largest absolute Gasteiger partial charge is 0.312 e. The topological polar surface area (TPSA) is 32.6 Å². The van der Waals surface area contributed by atoms with Gasteiger partial charge in [-0.1, -0.05) is 6.07 Å². The third-order valence-corrected chi connectivity index (χ3v) is 3.49. The molecule has 0 unspecified atom stereocenters. The lowest BCUT2D eigenvalue weighted by atomic mass is 10.2. The first-order valence-corrected chi connectivity index (χ1v) is 6.61. The molecule has 2 aromatic rings. The summed E-state index contributed by atoms with van der Waals surface area (Å²) >= 11 is 0. The highest BCUT2D eigenvalue weighted by Gasteiger charge is 2.16. The summed E-state index contributed by atoms with van der Waals surface area (Å²) in [6.45, 7) is 8.58. The molecule has 5 heteroatoms. The van der Waals surface area contributed by atoms with E-state index >= 15 is 0 Å². The Hall–Kier alpha value is -1.10. The van der Waals surface area contributed by atoms with Crippen LogP contribution >= 0.6 is 12.4 Å². The quantitative estimate of drug-likeness (QED) is 0.911. The summed E-state index contributed by atoms with van der Waals surface area (Å²) in [4.78, 5) is 7.14. The SMILES string of the molecule is Cc1ccc2nc(CN3CCN[C@H](C)C3)cn2c1.Cl. The standard InChI is InChI=1S/C14H20N4.ClH/c1-11-3-4-14-16-13(10-18(14)7-11)9-17-6-5-15-12(2)8-17;/h3-4,7,10,12,15H,5-6,8-9H2,1-2H3;1H/t12-;/m1./s1. The number of piperazine rings is 1. The van der Waals surface area contributed by atoms with Gasteiger partial charge in [0.15, 0.2) is 0 Å². The average Bonchev–Trinajstić information content (AvgIpc) is 2.70. The van der Waals surface area contributed by atoms with Crippen molar-refractivity contribution in [3.05, 3.63) is 35.8 Å². The Morgan fingerprint density at radius 1 is 1.37 bits per heavy atom. The van der Waals surface area contributed by atoms with E-state index in [2.05, 4.69) is 58.0 Å². The number of hydrogen-bond donors (Lipinski definition) is 1. The van der Waals surface area contributed by atoms with Crippen LogP contribution in [0, 0.1) is 6.92 Å². The molecule has 3 rings (SSSR count). The minimum Gasteiger partial charge on any atom is -0.312 e. The van der Waals surface area contributed by atoms with E-state index in [1.807, 2.05) is 0 Å². The van der Waals surface area contributed by atoms with Crippen LogP contribution in [0.1, 0.15) is 18.2 Å². The number of hydrogen-bond acceptors (Lipinski definition) is 3. The minimum atomic E-state index is 0. The second-order valence-corrected chi connectivity index (χ2v) is 5.29. The van der Waals surface area contributed by atoms with Crippen LogP contribution in [0.15, 0.2) is 24.5 Å². The molecule has 1 fully saturated rings. The van der Waals surface area contributed by atoms with Gasteiger partial charge in [0.25, 0.3) is 0 Å². The Kier molecular flexibility index (Phi) is 4.45. The van der Waals surface area contributed by atoms with Gasteiger partial charge in [0.05, 0.1) is 5.69 Å². The van der Waals surface area contributed by atoms with E-state index in [-0.39, 0.29) is 12.4 Å². The molecule has 19 heavy (non-hydrogen) atoms. The van der Waals surface area contributed by atoms with Crippen molar-refractivity contribution < 1.29 is 0 Å². The molecule has 0 aromatic carbocycles. The lowest BCUT2D eigenvalue weighted by Gasteiger charge is -2.31.